The Morgan fingerprint density at radius 1 is 0.500 bits per heavy atom. The van der Waals surface area contributed by atoms with Gasteiger partial charge >= 0.3 is 0 Å². The number of rotatable bonds is 6. The second-order valence-corrected chi connectivity index (χ2v) is 10.7. The first-order valence-electron chi connectivity index (χ1n) is 13.4. The first kappa shape index (κ1) is 25.7. The Morgan fingerprint density at radius 2 is 0.895 bits per heavy atom. The average Bonchev–Trinajstić information content (AvgIpc) is 2.90. The Kier molecular flexibility index (Phi) is 6.83. The lowest BCUT2D eigenvalue weighted by atomic mass is 9.94. The Hall–Kier alpha value is -3.92. The van der Waals surface area contributed by atoms with Gasteiger partial charge in [-0.2, -0.15) is 0 Å². The van der Waals surface area contributed by atoms with E-state index in [1.807, 2.05) is 12.1 Å². The number of benzene rings is 4. The molecule has 0 bridgehead atoms. The van der Waals surface area contributed by atoms with E-state index in [9.17, 15) is 0 Å². The van der Waals surface area contributed by atoms with Gasteiger partial charge in [0.2, 0.25) is 0 Å². The van der Waals surface area contributed by atoms with Crippen LogP contribution in [0.2, 0.25) is 0 Å². The van der Waals surface area contributed by atoms with Gasteiger partial charge < -0.3 is 19.3 Å². The topological polar surface area (TPSA) is 24.9 Å². The molecule has 38 heavy (non-hydrogen) atoms. The van der Waals surface area contributed by atoms with Crippen molar-refractivity contribution in [3.63, 3.8) is 0 Å². The molecule has 0 aromatic heterocycles. The maximum atomic E-state index is 5.44. The SMILES string of the molecule is COc1ccc(-c2ccc3c(c2)N(C(C)C)c2ccc(-c4ccc(OC)cc4C)cc2N3C(C)C)c(C)c1. The third-order valence-electron chi connectivity index (χ3n) is 7.51. The molecular weight excluding hydrogens is 468 g/mol. The molecule has 196 valence electrons. The molecule has 1 heterocycles. The van der Waals surface area contributed by atoms with E-state index < -0.39 is 0 Å². The maximum Gasteiger partial charge on any atom is 0.119 e. The van der Waals surface area contributed by atoms with Gasteiger partial charge in [0.25, 0.3) is 0 Å². The summed E-state index contributed by atoms with van der Waals surface area (Å²) in [6.07, 6.45) is 0. The van der Waals surface area contributed by atoms with Crippen molar-refractivity contribution in [2.45, 2.75) is 53.6 Å². The molecule has 0 unspecified atom stereocenters. The fourth-order valence-electron chi connectivity index (χ4n) is 5.72. The molecule has 4 aromatic rings. The molecule has 0 saturated carbocycles. The zero-order valence-electron chi connectivity index (χ0n) is 23.8. The molecule has 1 aliphatic rings. The fraction of sp³-hybridized carbons (Fsp3) is 0.294. The van der Waals surface area contributed by atoms with Crippen molar-refractivity contribution >= 4 is 22.7 Å². The summed E-state index contributed by atoms with van der Waals surface area (Å²) in [5.74, 6) is 1.77. The van der Waals surface area contributed by atoms with Crippen LogP contribution in [0.4, 0.5) is 22.7 Å². The number of aryl methyl sites for hydroxylation is 2. The monoisotopic (exact) mass is 506 g/mol. The van der Waals surface area contributed by atoms with Gasteiger partial charge in [0.05, 0.1) is 37.0 Å². The quantitative estimate of drug-likeness (QED) is 0.260. The van der Waals surface area contributed by atoms with Crippen molar-refractivity contribution in [1.82, 2.24) is 0 Å². The van der Waals surface area contributed by atoms with Crippen molar-refractivity contribution in [2.24, 2.45) is 0 Å². The van der Waals surface area contributed by atoms with Crippen LogP contribution in [0.1, 0.15) is 38.8 Å². The smallest absolute Gasteiger partial charge is 0.119 e. The summed E-state index contributed by atoms with van der Waals surface area (Å²) in [7, 11) is 3.43. The van der Waals surface area contributed by atoms with Crippen LogP contribution in [0.5, 0.6) is 11.5 Å². The lowest BCUT2D eigenvalue weighted by molar-refractivity contribution is 0.414. The number of methoxy groups -OCH3 is 2. The zero-order chi connectivity index (χ0) is 27.1. The van der Waals surface area contributed by atoms with Gasteiger partial charge in [0, 0.05) is 12.1 Å². The minimum Gasteiger partial charge on any atom is -0.497 e. The predicted octanol–water partition coefficient (Wildman–Crippen LogP) is 9.06. The highest BCUT2D eigenvalue weighted by Crippen LogP contribution is 2.52. The van der Waals surface area contributed by atoms with Gasteiger partial charge in [0.1, 0.15) is 11.5 Å². The van der Waals surface area contributed by atoms with Gasteiger partial charge in [-0.1, -0.05) is 24.3 Å². The second-order valence-electron chi connectivity index (χ2n) is 10.7. The molecule has 4 nitrogen and oxygen atoms in total. The van der Waals surface area contributed by atoms with Crippen molar-refractivity contribution in [3.8, 4) is 33.8 Å². The summed E-state index contributed by atoms with van der Waals surface area (Å²) in [6, 6.07) is 27.0. The molecule has 5 rings (SSSR count). The average molecular weight is 507 g/mol. The van der Waals surface area contributed by atoms with Gasteiger partial charge in [0.15, 0.2) is 0 Å². The minimum absolute atomic E-state index is 0.294. The Balaban J connectivity index is 1.67. The summed E-state index contributed by atoms with van der Waals surface area (Å²) >= 11 is 0. The first-order valence-corrected chi connectivity index (χ1v) is 13.4. The zero-order valence-corrected chi connectivity index (χ0v) is 23.8. The lowest BCUT2D eigenvalue weighted by Crippen LogP contribution is -2.36. The van der Waals surface area contributed by atoms with E-state index in [0.29, 0.717) is 12.1 Å². The normalized spacial score (nSPS) is 12.6. The van der Waals surface area contributed by atoms with E-state index in [-0.39, 0.29) is 0 Å². The molecule has 0 atom stereocenters. The molecule has 1 aliphatic heterocycles. The van der Waals surface area contributed by atoms with Crippen LogP contribution >= 0.6 is 0 Å². The van der Waals surface area contributed by atoms with Gasteiger partial charge in [-0.25, -0.2) is 0 Å². The summed E-state index contributed by atoms with van der Waals surface area (Å²) < 4.78 is 10.9. The molecule has 0 saturated heterocycles. The fourth-order valence-corrected chi connectivity index (χ4v) is 5.72. The van der Waals surface area contributed by atoms with E-state index in [1.165, 1.54) is 56.1 Å². The van der Waals surface area contributed by atoms with Gasteiger partial charge in [-0.3, -0.25) is 0 Å². The van der Waals surface area contributed by atoms with Crippen molar-refractivity contribution in [3.05, 3.63) is 83.9 Å². The Bertz CT molecular complexity index is 1380. The van der Waals surface area contributed by atoms with E-state index >= 15 is 0 Å². The lowest BCUT2D eigenvalue weighted by Gasteiger charge is -2.44. The summed E-state index contributed by atoms with van der Waals surface area (Å²) in [5, 5.41) is 0. The largest absolute Gasteiger partial charge is 0.497 e. The first-order chi connectivity index (χ1) is 18.2. The highest BCUT2D eigenvalue weighted by Gasteiger charge is 2.32. The van der Waals surface area contributed by atoms with Crippen molar-refractivity contribution in [2.75, 3.05) is 24.0 Å². The highest BCUT2D eigenvalue weighted by atomic mass is 16.5. The minimum atomic E-state index is 0.294. The number of hydrogen-bond acceptors (Lipinski definition) is 4. The number of hydrogen-bond donors (Lipinski definition) is 0. The van der Waals surface area contributed by atoms with Gasteiger partial charge in [-0.15, -0.1) is 0 Å². The summed E-state index contributed by atoms with van der Waals surface area (Å²) in [5.41, 5.74) is 12.2. The summed E-state index contributed by atoms with van der Waals surface area (Å²) in [6.45, 7) is 13.4. The number of anilines is 4. The Labute approximate surface area is 227 Å². The van der Waals surface area contributed by atoms with Crippen LogP contribution in [0.15, 0.2) is 72.8 Å². The third kappa shape index (κ3) is 4.38. The van der Waals surface area contributed by atoms with Crippen LogP contribution in [0.3, 0.4) is 0 Å². The Morgan fingerprint density at radius 3 is 1.21 bits per heavy atom. The van der Waals surface area contributed by atoms with E-state index in [4.69, 9.17) is 9.47 Å². The van der Waals surface area contributed by atoms with Crippen LogP contribution in [-0.4, -0.2) is 26.3 Å². The third-order valence-corrected chi connectivity index (χ3v) is 7.51. The predicted molar refractivity (Wildman–Crippen MR) is 161 cm³/mol. The number of fused-ring (bicyclic) bond motifs is 2. The highest BCUT2D eigenvalue weighted by molar-refractivity contribution is 5.97. The van der Waals surface area contributed by atoms with Crippen LogP contribution in [-0.2, 0) is 0 Å². The van der Waals surface area contributed by atoms with E-state index in [1.54, 1.807) is 14.2 Å². The van der Waals surface area contributed by atoms with Crippen molar-refractivity contribution < 1.29 is 9.47 Å². The number of nitrogens with zero attached hydrogens (tertiary/aromatic N) is 2. The molecule has 0 fully saturated rings. The second kappa shape index (κ2) is 10.1. The maximum absolute atomic E-state index is 5.44. The summed E-state index contributed by atoms with van der Waals surface area (Å²) in [4.78, 5) is 4.97. The molecule has 0 N–H and O–H groups in total. The molecule has 0 spiro atoms. The molecule has 0 amide bonds. The van der Waals surface area contributed by atoms with Crippen LogP contribution in [0, 0.1) is 13.8 Å². The number of ether oxygens (including phenoxy) is 2. The van der Waals surface area contributed by atoms with E-state index in [0.717, 1.165) is 11.5 Å². The molecule has 0 radical (unpaired) electrons. The van der Waals surface area contributed by atoms with Crippen LogP contribution < -0.4 is 19.3 Å². The van der Waals surface area contributed by atoms with E-state index in [2.05, 4.69) is 112 Å². The van der Waals surface area contributed by atoms with Gasteiger partial charge in [-0.05, 0) is 123 Å². The molecule has 4 heteroatoms. The van der Waals surface area contributed by atoms with Crippen LogP contribution in [0.25, 0.3) is 22.3 Å². The molecule has 4 aromatic carbocycles. The standard InChI is InChI=1S/C34H38N2O2/c1-21(2)35-31-15-9-26(30-14-12-28(38-8)18-24(30)6)20-34(31)36(22(3)4)32-16-10-25(19-33(32)35)29-13-11-27(37-7)17-23(29)5/h9-22H,1-8H3. The molecule has 0 aliphatic carbocycles. The van der Waals surface area contributed by atoms with Crippen molar-refractivity contribution in [1.29, 1.82) is 0 Å². The molecular formula is C34H38N2O2.